The van der Waals surface area contributed by atoms with Gasteiger partial charge in [-0.05, 0) is 45.7 Å². The molecule has 27 heavy (non-hydrogen) atoms. The van der Waals surface area contributed by atoms with Gasteiger partial charge in [0.15, 0.2) is 5.96 Å². The number of benzene rings is 1. The second kappa shape index (κ2) is 12.5. The largest absolute Gasteiger partial charge is 0.385 e. The topological polar surface area (TPSA) is 91.8 Å². The van der Waals surface area contributed by atoms with Crippen LogP contribution in [-0.4, -0.2) is 46.7 Å². The predicted octanol–water partition coefficient (Wildman–Crippen LogP) is 2.47. The van der Waals surface area contributed by atoms with E-state index in [2.05, 4.69) is 20.3 Å². The van der Waals surface area contributed by atoms with E-state index in [1.165, 1.54) is 0 Å². The van der Waals surface area contributed by atoms with Crippen molar-refractivity contribution in [2.45, 2.75) is 51.1 Å². The van der Waals surface area contributed by atoms with Crippen LogP contribution in [0.1, 0.15) is 39.7 Å². The molecule has 7 nitrogen and oxygen atoms in total. The van der Waals surface area contributed by atoms with Crippen molar-refractivity contribution in [3.63, 3.8) is 0 Å². The smallest absolute Gasteiger partial charge is 0.241 e. The predicted molar refractivity (Wildman–Crippen MR) is 121 cm³/mol. The monoisotopic (exact) mass is 512 g/mol. The van der Waals surface area contributed by atoms with Crippen molar-refractivity contribution < 1.29 is 13.2 Å². The highest BCUT2D eigenvalue weighted by Crippen LogP contribution is 2.18. The molecule has 0 saturated heterocycles. The van der Waals surface area contributed by atoms with E-state index in [9.17, 15) is 8.42 Å². The summed E-state index contributed by atoms with van der Waals surface area (Å²) in [7, 11) is -1.94. The third-order valence-electron chi connectivity index (χ3n) is 3.27. The number of methoxy groups -OCH3 is 1. The standard InChI is InChI=1S/C18H32N4O3S.HI/c1-6-19-17(20-12-9-13-25-5)21-14-15-10-7-8-11-16(15)26(23,24)22-18(2,3)4;/h7-8,10-11,22H,6,9,12-14H2,1-5H3,(H2,19,20,21);1H. The summed E-state index contributed by atoms with van der Waals surface area (Å²) in [4.78, 5) is 4.77. The number of hydrogen-bond donors (Lipinski definition) is 3. The van der Waals surface area contributed by atoms with E-state index in [0.717, 1.165) is 19.5 Å². The molecular weight excluding hydrogens is 479 g/mol. The number of aliphatic imine (C=N–C) groups is 1. The van der Waals surface area contributed by atoms with Crippen LogP contribution in [0.5, 0.6) is 0 Å². The number of ether oxygens (including phenoxy) is 1. The Kier molecular flexibility index (Phi) is 12.1. The summed E-state index contributed by atoms with van der Waals surface area (Å²) in [5, 5.41) is 6.38. The van der Waals surface area contributed by atoms with E-state index in [1.54, 1.807) is 25.3 Å². The molecule has 0 radical (unpaired) electrons. The minimum Gasteiger partial charge on any atom is -0.385 e. The summed E-state index contributed by atoms with van der Waals surface area (Å²) in [6.07, 6.45) is 0.862. The molecule has 0 amide bonds. The number of rotatable bonds is 9. The number of sulfonamides is 1. The molecular formula is C18H33IN4O3S. The fraction of sp³-hybridized carbons (Fsp3) is 0.611. The zero-order chi connectivity index (χ0) is 19.6. The lowest BCUT2D eigenvalue weighted by Crippen LogP contribution is -2.40. The third-order valence-corrected chi connectivity index (χ3v) is 5.13. The van der Waals surface area contributed by atoms with Gasteiger partial charge in [-0.2, -0.15) is 0 Å². The lowest BCUT2D eigenvalue weighted by atomic mass is 10.1. The van der Waals surface area contributed by atoms with Gasteiger partial charge < -0.3 is 15.4 Å². The molecule has 0 aromatic heterocycles. The second-order valence-electron chi connectivity index (χ2n) is 6.93. The van der Waals surface area contributed by atoms with Crippen LogP contribution in [0.25, 0.3) is 0 Å². The molecule has 1 aromatic carbocycles. The van der Waals surface area contributed by atoms with Crippen molar-refractivity contribution in [3.8, 4) is 0 Å². The molecule has 156 valence electrons. The number of nitrogens with one attached hydrogen (secondary N) is 3. The molecule has 1 aromatic rings. The van der Waals surface area contributed by atoms with E-state index in [1.807, 2.05) is 33.8 Å². The summed E-state index contributed by atoms with van der Waals surface area (Å²) < 4.78 is 33.1. The van der Waals surface area contributed by atoms with Crippen LogP contribution in [0.4, 0.5) is 0 Å². The lowest BCUT2D eigenvalue weighted by Gasteiger charge is -2.21. The Labute approximate surface area is 180 Å². The molecule has 0 saturated carbocycles. The highest BCUT2D eigenvalue weighted by atomic mass is 127. The number of halogens is 1. The number of nitrogens with zero attached hydrogens (tertiary/aromatic N) is 1. The maximum absolute atomic E-state index is 12.7. The maximum atomic E-state index is 12.7. The average Bonchev–Trinajstić information content (AvgIpc) is 2.54. The maximum Gasteiger partial charge on any atom is 0.241 e. The first-order valence-electron chi connectivity index (χ1n) is 8.82. The number of hydrogen-bond acceptors (Lipinski definition) is 4. The normalized spacial score (nSPS) is 12.4. The van der Waals surface area contributed by atoms with Crippen molar-refractivity contribution in [1.29, 1.82) is 0 Å². The molecule has 0 spiro atoms. The summed E-state index contributed by atoms with van der Waals surface area (Å²) in [5.41, 5.74) is 0.103. The molecule has 0 atom stereocenters. The first-order valence-corrected chi connectivity index (χ1v) is 10.3. The van der Waals surface area contributed by atoms with Crippen LogP contribution in [0, 0.1) is 0 Å². The fourth-order valence-corrected chi connectivity index (χ4v) is 3.94. The first-order chi connectivity index (χ1) is 12.2. The SMILES string of the molecule is CCNC(=NCc1ccccc1S(=O)(=O)NC(C)(C)C)NCCCOC.I. The third kappa shape index (κ3) is 10.3. The zero-order valence-corrected chi connectivity index (χ0v) is 20.0. The van der Waals surface area contributed by atoms with Crippen molar-refractivity contribution in [3.05, 3.63) is 29.8 Å². The van der Waals surface area contributed by atoms with Gasteiger partial charge >= 0.3 is 0 Å². The van der Waals surface area contributed by atoms with Gasteiger partial charge in [-0.15, -0.1) is 24.0 Å². The molecule has 0 unspecified atom stereocenters. The summed E-state index contributed by atoms with van der Waals surface area (Å²) in [5.74, 6) is 0.652. The van der Waals surface area contributed by atoms with Gasteiger partial charge in [-0.25, -0.2) is 18.1 Å². The molecule has 1 rings (SSSR count). The van der Waals surface area contributed by atoms with Gasteiger partial charge in [0.05, 0.1) is 11.4 Å². The van der Waals surface area contributed by atoms with Crippen LogP contribution in [0.3, 0.4) is 0 Å². The van der Waals surface area contributed by atoms with Gasteiger partial charge in [0.25, 0.3) is 0 Å². The van der Waals surface area contributed by atoms with E-state index in [4.69, 9.17) is 4.74 Å². The van der Waals surface area contributed by atoms with Gasteiger partial charge in [-0.3, -0.25) is 0 Å². The average molecular weight is 512 g/mol. The molecule has 0 heterocycles. The van der Waals surface area contributed by atoms with E-state index in [-0.39, 0.29) is 35.4 Å². The minimum atomic E-state index is -3.61. The molecule has 0 bridgehead atoms. The molecule has 0 aliphatic rings. The molecule has 9 heteroatoms. The Hall–Kier alpha value is -0.910. The van der Waals surface area contributed by atoms with Crippen molar-refractivity contribution in [2.75, 3.05) is 26.8 Å². The van der Waals surface area contributed by atoms with Crippen molar-refractivity contribution >= 4 is 40.0 Å². The Balaban J connectivity index is 0.00000676. The zero-order valence-electron chi connectivity index (χ0n) is 16.8. The molecule has 0 aliphatic carbocycles. The highest BCUT2D eigenvalue weighted by Gasteiger charge is 2.24. The highest BCUT2D eigenvalue weighted by molar-refractivity contribution is 14.0. The Morgan fingerprint density at radius 3 is 2.44 bits per heavy atom. The van der Waals surface area contributed by atoms with E-state index < -0.39 is 15.6 Å². The van der Waals surface area contributed by atoms with Gasteiger partial charge in [0, 0.05) is 32.3 Å². The van der Waals surface area contributed by atoms with Crippen LogP contribution in [-0.2, 0) is 21.3 Å². The Morgan fingerprint density at radius 2 is 1.85 bits per heavy atom. The Morgan fingerprint density at radius 1 is 1.19 bits per heavy atom. The van der Waals surface area contributed by atoms with Gasteiger partial charge in [0.2, 0.25) is 10.0 Å². The molecule has 0 aliphatic heterocycles. The van der Waals surface area contributed by atoms with Crippen LogP contribution < -0.4 is 15.4 Å². The fourth-order valence-electron chi connectivity index (χ4n) is 2.28. The molecule has 0 fully saturated rings. The minimum absolute atomic E-state index is 0. The quantitative estimate of drug-likeness (QED) is 0.205. The van der Waals surface area contributed by atoms with Crippen molar-refractivity contribution in [2.24, 2.45) is 4.99 Å². The second-order valence-corrected chi connectivity index (χ2v) is 8.58. The summed E-state index contributed by atoms with van der Waals surface area (Å²) >= 11 is 0. The first kappa shape index (κ1) is 26.1. The van der Waals surface area contributed by atoms with E-state index >= 15 is 0 Å². The Bertz CT molecular complexity index is 688. The van der Waals surface area contributed by atoms with E-state index in [0.29, 0.717) is 18.1 Å². The summed E-state index contributed by atoms with van der Waals surface area (Å²) in [6, 6.07) is 6.94. The number of guanidine groups is 1. The molecule has 3 N–H and O–H groups in total. The van der Waals surface area contributed by atoms with Gasteiger partial charge in [-0.1, -0.05) is 18.2 Å². The summed E-state index contributed by atoms with van der Waals surface area (Å²) in [6.45, 7) is 9.83. The van der Waals surface area contributed by atoms with Gasteiger partial charge in [0.1, 0.15) is 0 Å². The van der Waals surface area contributed by atoms with Crippen LogP contribution in [0.15, 0.2) is 34.2 Å². The lowest BCUT2D eigenvalue weighted by molar-refractivity contribution is 0.195. The van der Waals surface area contributed by atoms with Crippen molar-refractivity contribution in [1.82, 2.24) is 15.4 Å². The van der Waals surface area contributed by atoms with Crippen LogP contribution >= 0.6 is 24.0 Å². The van der Waals surface area contributed by atoms with Crippen LogP contribution in [0.2, 0.25) is 0 Å².